The van der Waals surface area contributed by atoms with Crippen LogP contribution in [0.25, 0.3) is 10.9 Å². The summed E-state index contributed by atoms with van der Waals surface area (Å²) in [4.78, 5) is 16.2. The molecule has 2 rings (SSSR count). The zero-order valence-electron chi connectivity index (χ0n) is 10.4. The normalized spacial score (nSPS) is 12.4. The van der Waals surface area contributed by atoms with Crippen LogP contribution in [0.5, 0.6) is 0 Å². The van der Waals surface area contributed by atoms with Crippen molar-refractivity contribution in [3.05, 3.63) is 35.5 Å². The number of aromatic nitrogens is 1. The van der Waals surface area contributed by atoms with E-state index in [-0.39, 0.29) is 11.8 Å². The van der Waals surface area contributed by atoms with E-state index >= 15 is 0 Å². The fourth-order valence-electron chi connectivity index (χ4n) is 1.68. The van der Waals surface area contributed by atoms with Crippen molar-refractivity contribution < 1.29 is 4.79 Å². The van der Waals surface area contributed by atoms with Crippen molar-refractivity contribution in [1.82, 2.24) is 4.98 Å². The lowest BCUT2D eigenvalue weighted by molar-refractivity contribution is -0.119. The van der Waals surface area contributed by atoms with Gasteiger partial charge in [-0.2, -0.15) is 0 Å². The maximum atomic E-state index is 11.9. The van der Waals surface area contributed by atoms with Gasteiger partial charge >= 0.3 is 0 Å². The van der Waals surface area contributed by atoms with Gasteiger partial charge in [-0.15, -0.1) is 0 Å². The minimum Gasteiger partial charge on any atom is -0.324 e. The first-order valence-electron chi connectivity index (χ1n) is 5.97. The highest BCUT2D eigenvalue weighted by Crippen LogP contribution is 2.28. The molecule has 0 saturated carbocycles. The number of nitrogens with one attached hydrogen (secondary N) is 1. The Balaban J connectivity index is 2.40. The van der Waals surface area contributed by atoms with Crippen molar-refractivity contribution in [3.8, 4) is 0 Å². The molecule has 0 saturated heterocycles. The van der Waals surface area contributed by atoms with E-state index in [1.54, 1.807) is 18.3 Å². The van der Waals surface area contributed by atoms with Gasteiger partial charge in [-0.25, -0.2) is 0 Å². The molecule has 1 amide bonds. The highest BCUT2D eigenvalue weighted by atomic mass is 35.5. The minimum atomic E-state index is -0.0144. The third-order valence-corrected chi connectivity index (χ3v) is 3.36. The van der Waals surface area contributed by atoms with Crippen molar-refractivity contribution in [2.24, 2.45) is 5.92 Å². The Kier molecular flexibility index (Phi) is 3.82. The Morgan fingerprint density at radius 3 is 2.94 bits per heavy atom. The molecule has 0 bridgehead atoms. The van der Waals surface area contributed by atoms with Crippen molar-refractivity contribution in [3.63, 3.8) is 0 Å². The second kappa shape index (κ2) is 5.36. The van der Waals surface area contributed by atoms with Gasteiger partial charge in [-0.05, 0) is 30.7 Å². The first-order valence-corrected chi connectivity index (χ1v) is 6.35. The molecule has 1 heterocycles. The SMILES string of the molecule is CC[C@H](C)C(=O)Nc1ccc(Cl)c2cccnc12. The standard InChI is InChI=1S/C14H15ClN2O/c1-3-9(2)14(18)17-12-7-6-11(15)10-5-4-8-16-13(10)12/h4-9H,3H2,1-2H3,(H,17,18)/t9-/m0/s1. The average molecular weight is 263 g/mol. The van der Waals surface area contributed by atoms with E-state index in [0.717, 1.165) is 17.3 Å². The quantitative estimate of drug-likeness (QED) is 0.912. The van der Waals surface area contributed by atoms with Gasteiger partial charge < -0.3 is 5.32 Å². The van der Waals surface area contributed by atoms with E-state index in [0.29, 0.717) is 10.7 Å². The Bertz CT molecular complexity index is 583. The van der Waals surface area contributed by atoms with E-state index in [1.165, 1.54) is 0 Å². The van der Waals surface area contributed by atoms with Crippen LogP contribution >= 0.6 is 11.6 Å². The van der Waals surface area contributed by atoms with E-state index in [9.17, 15) is 4.79 Å². The molecule has 0 aliphatic rings. The number of anilines is 1. The van der Waals surface area contributed by atoms with Crippen LogP contribution in [0.4, 0.5) is 5.69 Å². The summed E-state index contributed by atoms with van der Waals surface area (Å²) in [7, 11) is 0. The molecule has 0 aliphatic heterocycles. The molecule has 0 aliphatic carbocycles. The topological polar surface area (TPSA) is 42.0 Å². The predicted molar refractivity (Wildman–Crippen MR) is 74.8 cm³/mol. The summed E-state index contributed by atoms with van der Waals surface area (Å²) in [5, 5.41) is 4.39. The largest absolute Gasteiger partial charge is 0.324 e. The van der Waals surface area contributed by atoms with Gasteiger partial charge in [0.25, 0.3) is 0 Å². The van der Waals surface area contributed by atoms with E-state index < -0.39 is 0 Å². The number of halogens is 1. The van der Waals surface area contributed by atoms with Crippen LogP contribution in [0.15, 0.2) is 30.5 Å². The number of carbonyl (C=O) groups is 1. The lowest BCUT2D eigenvalue weighted by Crippen LogP contribution is -2.19. The molecule has 1 aromatic heterocycles. The number of hydrogen-bond donors (Lipinski definition) is 1. The Hall–Kier alpha value is -1.61. The molecular weight excluding hydrogens is 248 g/mol. The number of nitrogens with zero attached hydrogens (tertiary/aromatic N) is 1. The van der Waals surface area contributed by atoms with Crippen LogP contribution in [-0.4, -0.2) is 10.9 Å². The van der Waals surface area contributed by atoms with Crippen molar-refractivity contribution >= 4 is 34.1 Å². The number of fused-ring (bicyclic) bond motifs is 1. The number of amides is 1. The molecule has 2 aromatic rings. The smallest absolute Gasteiger partial charge is 0.227 e. The number of benzene rings is 1. The van der Waals surface area contributed by atoms with Crippen LogP contribution in [0.1, 0.15) is 20.3 Å². The van der Waals surface area contributed by atoms with E-state index in [2.05, 4.69) is 10.3 Å². The third-order valence-electron chi connectivity index (χ3n) is 3.03. The van der Waals surface area contributed by atoms with Crippen LogP contribution in [0.2, 0.25) is 5.02 Å². The van der Waals surface area contributed by atoms with Crippen LogP contribution < -0.4 is 5.32 Å². The maximum Gasteiger partial charge on any atom is 0.227 e. The molecule has 3 nitrogen and oxygen atoms in total. The summed E-state index contributed by atoms with van der Waals surface area (Å²) < 4.78 is 0. The van der Waals surface area contributed by atoms with E-state index in [4.69, 9.17) is 11.6 Å². The van der Waals surface area contributed by atoms with Crippen LogP contribution in [0, 0.1) is 5.92 Å². The molecule has 1 N–H and O–H groups in total. The molecule has 0 radical (unpaired) electrons. The van der Waals surface area contributed by atoms with Gasteiger partial charge in [-0.1, -0.05) is 25.4 Å². The minimum absolute atomic E-state index is 0.00627. The first-order chi connectivity index (χ1) is 8.63. The van der Waals surface area contributed by atoms with Gasteiger partial charge in [0.1, 0.15) is 0 Å². The maximum absolute atomic E-state index is 11.9. The fraction of sp³-hybridized carbons (Fsp3) is 0.286. The summed E-state index contributed by atoms with van der Waals surface area (Å²) in [6.45, 7) is 3.89. The summed E-state index contributed by atoms with van der Waals surface area (Å²) in [6.07, 6.45) is 2.50. The second-order valence-electron chi connectivity index (χ2n) is 4.29. The number of hydrogen-bond acceptors (Lipinski definition) is 2. The fourth-order valence-corrected chi connectivity index (χ4v) is 1.90. The molecule has 0 unspecified atom stereocenters. The number of carbonyl (C=O) groups excluding carboxylic acids is 1. The Morgan fingerprint density at radius 2 is 2.22 bits per heavy atom. The van der Waals surface area contributed by atoms with Gasteiger partial charge in [0.2, 0.25) is 5.91 Å². The first kappa shape index (κ1) is 12.8. The van der Waals surface area contributed by atoms with Crippen LogP contribution in [0.3, 0.4) is 0 Å². The molecule has 94 valence electrons. The zero-order chi connectivity index (χ0) is 13.1. The molecule has 0 spiro atoms. The van der Waals surface area contributed by atoms with Crippen molar-refractivity contribution in [2.75, 3.05) is 5.32 Å². The van der Waals surface area contributed by atoms with Crippen molar-refractivity contribution in [2.45, 2.75) is 20.3 Å². The summed E-state index contributed by atoms with van der Waals surface area (Å²) in [6, 6.07) is 7.29. The van der Waals surface area contributed by atoms with Crippen LogP contribution in [-0.2, 0) is 4.79 Å². The molecule has 1 aromatic carbocycles. The van der Waals surface area contributed by atoms with Gasteiger partial charge in [0, 0.05) is 17.5 Å². The van der Waals surface area contributed by atoms with Gasteiger partial charge in [-0.3, -0.25) is 9.78 Å². The highest BCUT2D eigenvalue weighted by Gasteiger charge is 2.13. The zero-order valence-corrected chi connectivity index (χ0v) is 11.2. The lowest BCUT2D eigenvalue weighted by atomic mass is 10.1. The Morgan fingerprint density at radius 1 is 1.44 bits per heavy atom. The summed E-state index contributed by atoms with van der Waals surface area (Å²) in [5.41, 5.74) is 1.43. The molecule has 1 atom stereocenters. The van der Waals surface area contributed by atoms with E-state index in [1.807, 2.05) is 26.0 Å². The second-order valence-corrected chi connectivity index (χ2v) is 4.70. The van der Waals surface area contributed by atoms with Gasteiger partial charge in [0.15, 0.2) is 0 Å². The summed E-state index contributed by atoms with van der Waals surface area (Å²) >= 11 is 6.10. The molecule has 18 heavy (non-hydrogen) atoms. The van der Waals surface area contributed by atoms with Gasteiger partial charge in [0.05, 0.1) is 16.2 Å². The van der Waals surface area contributed by atoms with Crippen molar-refractivity contribution in [1.29, 1.82) is 0 Å². The number of pyridine rings is 1. The molecule has 0 fully saturated rings. The Labute approximate surface area is 111 Å². The third kappa shape index (κ3) is 2.46. The highest BCUT2D eigenvalue weighted by molar-refractivity contribution is 6.35. The average Bonchev–Trinajstić information content (AvgIpc) is 2.41. The monoisotopic (exact) mass is 262 g/mol. The molecular formula is C14H15ClN2O. The number of rotatable bonds is 3. The summed E-state index contributed by atoms with van der Waals surface area (Å²) in [5.74, 6) is -0.00813. The predicted octanol–water partition coefficient (Wildman–Crippen LogP) is 3.87. The molecule has 4 heteroatoms. The lowest BCUT2D eigenvalue weighted by Gasteiger charge is -2.12.